The summed E-state index contributed by atoms with van der Waals surface area (Å²) in [6.45, 7) is 0. The van der Waals surface area contributed by atoms with Crippen LogP contribution in [0.1, 0.15) is 22.3 Å². The van der Waals surface area contributed by atoms with Crippen molar-refractivity contribution in [1.82, 2.24) is 4.98 Å². The number of thiophene rings is 1. The molecule has 11 aromatic rings. The molecule has 2 nitrogen and oxygen atoms in total. The van der Waals surface area contributed by atoms with E-state index in [1.165, 1.54) is 92.2 Å². The smallest absolute Gasteiger partial charge is 0.0788 e. The lowest BCUT2D eigenvalue weighted by molar-refractivity contribution is 0.752. The van der Waals surface area contributed by atoms with Crippen LogP contribution >= 0.6 is 11.3 Å². The van der Waals surface area contributed by atoms with Crippen molar-refractivity contribution >= 4 is 70.2 Å². The van der Waals surface area contributed by atoms with Gasteiger partial charge in [-0.25, -0.2) is 4.98 Å². The van der Waals surface area contributed by atoms with Crippen molar-refractivity contribution in [3.05, 3.63) is 229 Å². The summed E-state index contributed by atoms with van der Waals surface area (Å²) in [6, 6.07) is 76.0. The standard InChI is InChI=1S/C56H34N2S/c1-2-16-36(17-3-1)54-43-34-42(55-53(41-21-7-15-29-51(41)59-55)52(43)40-20-6-12-26-48(40)57-54)35-30-32-37(33-31-35)58-49-27-13-10-24-46(49)56(47-25-11-14-28-50(47)58)44-22-8-4-18-38(44)39-19-5-9-23-45(39)56/h1-34H. The summed E-state index contributed by atoms with van der Waals surface area (Å²) >= 11 is 1.89. The van der Waals surface area contributed by atoms with Crippen LogP contribution in [-0.2, 0) is 5.41 Å². The highest BCUT2D eigenvalue weighted by Crippen LogP contribution is 2.63. The van der Waals surface area contributed by atoms with Crippen molar-refractivity contribution in [2.45, 2.75) is 5.41 Å². The van der Waals surface area contributed by atoms with Crippen LogP contribution in [0, 0.1) is 0 Å². The van der Waals surface area contributed by atoms with E-state index in [-0.39, 0.29) is 0 Å². The third kappa shape index (κ3) is 4.43. The number of anilines is 3. The van der Waals surface area contributed by atoms with E-state index in [2.05, 4.69) is 211 Å². The molecule has 1 aliphatic heterocycles. The SMILES string of the molecule is c1ccc(-c2nc3ccccc3c3c2cc(-c2ccc(N4c5ccccc5C5(c6ccccc6-c6ccccc65)c5ccccc54)cc2)c2sc4ccccc4c23)cc1. The van der Waals surface area contributed by atoms with E-state index in [1.54, 1.807) is 0 Å². The summed E-state index contributed by atoms with van der Waals surface area (Å²) in [7, 11) is 0. The first-order chi connectivity index (χ1) is 29.3. The molecule has 2 aliphatic rings. The lowest BCUT2D eigenvalue weighted by Crippen LogP contribution is -2.36. The molecule has 0 amide bonds. The van der Waals surface area contributed by atoms with E-state index in [9.17, 15) is 0 Å². The van der Waals surface area contributed by atoms with Gasteiger partial charge in [0.2, 0.25) is 0 Å². The minimum atomic E-state index is -0.427. The highest BCUT2D eigenvalue weighted by atomic mass is 32.1. The second-order valence-corrected chi connectivity index (χ2v) is 16.8. The Hall–Kier alpha value is -7.33. The average molecular weight is 767 g/mol. The Kier molecular flexibility index (Phi) is 6.84. The molecule has 0 fully saturated rings. The number of pyridine rings is 1. The molecule has 0 saturated carbocycles. The monoisotopic (exact) mass is 766 g/mol. The number of fused-ring (bicyclic) bond motifs is 16. The zero-order chi connectivity index (χ0) is 38.7. The molecule has 1 spiro atoms. The van der Waals surface area contributed by atoms with Gasteiger partial charge in [0.05, 0.1) is 28.0 Å². The van der Waals surface area contributed by atoms with Crippen molar-refractivity contribution in [3.63, 3.8) is 0 Å². The fourth-order valence-electron chi connectivity index (χ4n) is 10.5. The van der Waals surface area contributed by atoms with Gasteiger partial charge < -0.3 is 4.90 Å². The number of para-hydroxylation sites is 3. The van der Waals surface area contributed by atoms with Crippen LogP contribution < -0.4 is 4.90 Å². The third-order valence-corrected chi connectivity index (χ3v) is 14.0. The lowest BCUT2D eigenvalue weighted by Gasteiger charge is -2.45. The molecule has 9 aromatic carbocycles. The predicted molar refractivity (Wildman–Crippen MR) is 249 cm³/mol. The molecule has 0 radical (unpaired) electrons. The normalized spacial score (nSPS) is 13.5. The Morgan fingerprint density at radius 2 is 0.966 bits per heavy atom. The van der Waals surface area contributed by atoms with Gasteiger partial charge in [-0.1, -0.05) is 164 Å². The number of aromatic nitrogens is 1. The average Bonchev–Trinajstić information content (AvgIpc) is 3.84. The van der Waals surface area contributed by atoms with Crippen LogP contribution in [0.5, 0.6) is 0 Å². The summed E-state index contributed by atoms with van der Waals surface area (Å²) in [6.07, 6.45) is 0. The van der Waals surface area contributed by atoms with Gasteiger partial charge in [0, 0.05) is 53.1 Å². The lowest BCUT2D eigenvalue weighted by atomic mass is 9.64. The molecule has 0 atom stereocenters. The molecule has 0 N–H and O–H groups in total. The van der Waals surface area contributed by atoms with Crippen molar-refractivity contribution in [1.29, 1.82) is 0 Å². The molecule has 1 aliphatic carbocycles. The van der Waals surface area contributed by atoms with Crippen LogP contribution in [0.2, 0.25) is 0 Å². The molecule has 0 bridgehead atoms. The summed E-state index contributed by atoms with van der Waals surface area (Å²) in [5.74, 6) is 0. The topological polar surface area (TPSA) is 16.1 Å². The van der Waals surface area contributed by atoms with Gasteiger partial charge in [-0.2, -0.15) is 0 Å². The number of hydrogen-bond donors (Lipinski definition) is 0. The van der Waals surface area contributed by atoms with Crippen molar-refractivity contribution in [2.75, 3.05) is 4.90 Å². The Labute approximate surface area is 345 Å². The minimum absolute atomic E-state index is 0.427. The van der Waals surface area contributed by atoms with E-state index in [4.69, 9.17) is 4.98 Å². The molecule has 0 unspecified atom stereocenters. The first-order valence-corrected chi connectivity index (χ1v) is 21.1. The van der Waals surface area contributed by atoms with E-state index in [0.717, 1.165) is 22.5 Å². The third-order valence-electron chi connectivity index (χ3n) is 12.8. The molecular formula is C56H34N2S. The number of nitrogens with zero attached hydrogens (tertiary/aromatic N) is 2. The second kappa shape index (κ2) is 12.3. The van der Waals surface area contributed by atoms with Gasteiger partial charge in [-0.15, -0.1) is 11.3 Å². The van der Waals surface area contributed by atoms with Crippen molar-refractivity contribution < 1.29 is 0 Å². The maximum Gasteiger partial charge on any atom is 0.0788 e. The van der Waals surface area contributed by atoms with Gasteiger partial charge in [-0.3, -0.25) is 0 Å². The van der Waals surface area contributed by atoms with Crippen LogP contribution in [-0.4, -0.2) is 4.98 Å². The predicted octanol–water partition coefficient (Wildman–Crippen LogP) is 15.2. The molecule has 13 rings (SSSR count). The maximum absolute atomic E-state index is 5.35. The molecule has 59 heavy (non-hydrogen) atoms. The Morgan fingerprint density at radius 3 is 1.66 bits per heavy atom. The number of rotatable bonds is 3. The van der Waals surface area contributed by atoms with Gasteiger partial charge >= 0.3 is 0 Å². The van der Waals surface area contributed by atoms with Crippen LogP contribution in [0.25, 0.3) is 75.4 Å². The Morgan fingerprint density at radius 1 is 0.407 bits per heavy atom. The van der Waals surface area contributed by atoms with Crippen LogP contribution in [0.4, 0.5) is 17.1 Å². The first-order valence-electron chi connectivity index (χ1n) is 20.3. The van der Waals surface area contributed by atoms with Gasteiger partial charge in [0.25, 0.3) is 0 Å². The van der Waals surface area contributed by atoms with Crippen molar-refractivity contribution in [3.8, 4) is 33.5 Å². The molecule has 0 saturated heterocycles. The molecule has 3 heteroatoms. The highest BCUT2D eigenvalue weighted by molar-refractivity contribution is 7.26. The Balaban J connectivity index is 1.04. The largest absolute Gasteiger partial charge is 0.310 e. The van der Waals surface area contributed by atoms with Gasteiger partial charge in [0.15, 0.2) is 0 Å². The zero-order valence-corrected chi connectivity index (χ0v) is 32.7. The molecular weight excluding hydrogens is 733 g/mol. The van der Waals surface area contributed by atoms with Gasteiger partial charge in [-0.05, 0) is 81.4 Å². The second-order valence-electron chi connectivity index (χ2n) is 15.8. The quantitative estimate of drug-likeness (QED) is 0.167. The van der Waals surface area contributed by atoms with Crippen LogP contribution in [0.15, 0.2) is 206 Å². The molecule has 2 aromatic heterocycles. The van der Waals surface area contributed by atoms with Gasteiger partial charge in [0.1, 0.15) is 0 Å². The first kappa shape index (κ1) is 32.7. The molecule has 274 valence electrons. The fourth-order valence-corrected chi connectivity index (χ4v) is 11.7. The maximum atomic E-state index is 5.35. The summed E-state index contributed by atoms with van der Waals surface area (Å²) in [5, 5.41) is 6.22. The summed E-state index contributed by atoms with van der Waals surface area (Å²) < 4.78 is 2.59. The van der Waals surface area contributed by atoms with E-state index in [0.29, 0.717) is 0 Å². The minimum Gasteiger partial charge on any atom is -0.310 e. The summed E-state index contributed by atoms with van der Waals surface area (Å²) in [4.78, 5) is 7.83. The van der Waals surface area contributed by atoms with E-state index in [1.807, 2.05) is 11.3 Å². The molecule has 3 heterocycles. The highest BCUT2D eigenvalue weighted by Gasteiger charge is 2.51. The summed E-state index contributed by atoms with van der Waals surface area (Å²) in [5.41, 5.74) is 16.6. The zero-order valence-electron chi connectivity index (χ0n) is 31.9. The number of hydrogen-bond acceptors (Lipinski definition) is 3. The van der Waals surface area contributed by atoms with Crippen molar-refractivity contribution in [2.24, 2.45) is 0 Å². The fraction of sp³-hybridized carbons (Fsp3) is 0.0179. The van der Waals surface area contributed by atoms with Crippen LogP contribution in [0.3, 0.4) is 0 Å². The number of benzene rings is 9. The Bertz CT molecular complexity index is 3410. The van der Waals surface area contributed by atoms with E-state index >= 15 is 0 Å². The van der Waals surface area contributed by atoms with E-state index < -0.39 is 5.41 Å².